The topological polar surface area (TPSA) is 33.2 Å². The fourth-order valence-corrected chi connectivity index (χ4v) is 2.73. The van der Waals surface area contributed by atoms with Gasteiger partial charge in [0.1, 0.15) is 5.03 Å². The lowest BCUT2D eigenvalue weighted by molar-refractivity contribution is -0.0329. The second-order valence-electron chi connectivity index (χ2n) is 4.93. The number of alkyl halides is 3. The molecule has 7 heteroatoms. The van der Waals surface area contributed by atoms with Gasteiger partial charge >= 0.3 is 5.51 Å². The molecule has 1 aromatic rings. The maximum Gasteiger partial charge on any atom is 0.447 e. The molecule has 22 heavy (non-hydrogen) atoms. The first-order chi connectivity index (χ1) is 10.3. The van der Waals surface area contributed by atoms with E-state index in [2.05, 4.69) is 4.98 Å². The van der Waals surface area contributed by atoms with Crippen LogP contribution in [0.25, 0.3) is 0 Å². The lowest BCUT2D eigenvalue weighted by atomic mass is 10.0. The molecular weight excluding hydrogens is 313 g/mol. The zero-order valence-corrected chi connectivity index (χ0v) is 13.8. The van der Waals surface area contributed by atoms with Crippen LogP contribution in [0.15, 0.2) is 23.4 Å². The number of amides is 1. The molecule has 0 aromatic carbocycles. The molecule has 0 N–H and O–H groups in total. The first-order valence-corrected chi connectivity index (χ1v) is 8.14. The third-order valence-corrected chi connectivity index (χ3v) is 4.27. The molecule has 1 amide bonds. The number of pyridine rings is 1. The molecule has 0 aliphatic carbocycles. The van der Waals surface area contributed by atoms with Gasteiger partial charge in [-0.15, -0.1) is 0 Å². The van der Waals surface area contributed by atoms with Crippen molar-refractivity contribution in [2.24, 2.45) is 5.92 Å². The summed E-state index contributed by atoms with van der Waals surface area (Å²) in [5.41, 5.74) is -4.45. The van der Waals surface area contributed by atoms with Gasteiger partial charge in [0, 0.05) is 31.0 Å². The molecule has 1 aromatic heterocycles. The minimum absolute atomic E-state index is 0.0117. The average Bonchev–Trinajstić information content (AvgIpc) is 2.47. The van der Waals surface area contributed by atoms with Crippen LogP contribution in [-0.2, 0) is 0 Å². The van der Waals surface area contributed by atoms with E-state index in [4.69, 9.17) is 0 Å². The van der Waals surface area contributed by atoms with E-state index in [0.29, 0.717) is 19.0 Å². The number of hydrogen-bond donors (Lipinski definition) is 0. The van der Waals surface area contributed by atoms with Gasteiger partial charge in [-0.05, 0) is 25.0 Å². The van der Waals surface area contributed by atoms with Crippen molar-refractivity contribution in [3.63, 3.8) is 0 Å². The van der Waals surface area contributed by atoms with Crippen molar-refractivity contribution < 1.29 is 18.0 Å². The standard InChI is InChI=1S/C15H21F3N2OS/c1-4-11(5-2)10-20(6-3)14(21)12-8-7-9-19-13(12)22-15(16,17)18/h7-9,11H,4-6,10H2,1-3H3. The molecule has 0 fully saturated rings. The number of halogens is 3. The van der Waals surface area contributed by atoms with Crippen LogP contribution in [-0.4, -0.2) is 34.4 Å². The van der Waals surface area contributed by atoms with Crippen molar-refractivity contribution in [1.29, 1.82) is 0 Å². The predicted octanol–water partition coefficient (Wildman–Crippen LogP) is 4.59. The van der Waals surface area contributed by atoms with Gasteiger partial charge in [-0.1, -0.05) is 26.7 Å². The first-order valence-electron chi connectivity index (χ1n) is 7.32. The summed E-state index contributed by atoms with van der Waals surface area (Å²) in [5, 5.41) is -0.289. The number of carbonyl (C=O) groups is 1. The second kappa shape index (κ2) is 8.41. The van der Waals surface area contributed by atoms with Crippen molar-refractivity contribution in [3.8, 4) is 0 Å². The molecule has 124 valence electrons. The Morgan fingerprint density at radius 2 is 1.95 bits per heavy atom. The highest BCUT2D eigenvalue weighted by molar-refractivity contribution is 8.00. The summed E-state index contributed by atoms with van der Waals surface area (Å²) in [6, 6.07) is 2.89. The van der Waals surface area contributed by atoms with Gasteiger partial charge in [-0.2, -0.15) is 13.2 Å². The highest BCUT2D eigenvalue weighted by atomic mass is 32.2. The molecule has 0 atom stereocenters. The van der Waals surface area contributed by atoms with E-state index in [1.165, 1.54) is 18.3 Å². The summed E-state index contributed by atoms with van der Waals surface area (Å²) in [4.78, 5) is 17.9. The average molecular weight is 334 g/mol. The monoisotopic (exact) mass is 334 g/mol. The van der Waals surface area contributed by atoms with Crippen LogP contribution >= 0.6 is 11.8 Å². The van der Waals surface area contributed by atoms with Crippen LogP contribution in [0, 0.1) is 5.92 Å². The SMILES string of the molecule is CCC(CC)CN(CC)C(=O)c1cccnc1SC(F)(F)F. The zero-order chi connectivity index (χ0) is 16.8. The molecular formula is C15H21F3N2OS. The minimum atomic E-state index is -4.46. The largest absolute Gasteiger partial charge is 0.447 e. The van der Waals surface area contributed by atoms with Gasteiger partial charge in [0.25, 0.3) is 5.91 Å². The molecule has 3 nitrogen and oxygen atoms in total. The van der Waals surface area contributed by atoms with Crippen molar-refractivity contribution >= 4 is 17.7 Å². The number of hydrogen-bond acceptors (Lipinski definition) is 3. The highest BCUT2D eigenvalue weighted by Crippen LogP contribution is 2.37. The van der Waals surface area contributed by atoms with E-state index in [9.17, 15) is 18.0 Å². The highest BCUT2D eigenvalue weighted by Gasteiger charge is 2.33. The molecule has 0 aliphatic heterocycles. The normalized spacial score (nSPS) is 11.8. The first kappa shape index (κ1) is 18.8. The van der Waals surface area contributed by atoms with E-state index in [1.807, 2.05) is 20.8 Å². The molecule has 0 unspecified atom stereocenters. The lowest BCUT2D eigenvalue weighted by Crippen LogP contribution is -2.35. The molecule has 0 bridgehead atoms. The number of rotatable bonds is 7. The molecule has 0 saturated carbocycles. The van der Waals surface area contributed by atoms with Gasteiger partial charge in [-0.3, -0.25) is 4.79 Å². The third-order valence-electron chi connectivity index (χ3n) is 3.52. The van der Waals surface area contributed by atoms with Crippen molar-refractivity contribution in [2.45, 2.75) is 44.1 Å². The zero-order valence-electron chi connectivity index (χ0n) is 13.0. The molecule has 0 saturated heterocycles. The Kier molecular flexibility index (Phi) is 7.19. The summed E-state index contributed by atoms with van der Waals surface area (Å²) in [6.07, 6.45) is 3.12. The van der Waals surface area contributed by atoms with E-state index >= 15 is 0 Å². The predicted molar refractivity (Wildman–Crippen MR) is 81.8 cm³/mol. The Morgan fingerprint density at radius 3 is 2.45 bits per heavy atom. The van der Waals surface area contributed by atoms with Crippen LogP contribution in [0.3, 0.4) is 0 Å². The quantitative estimate of drug-likeness (QED) is 0.684. The summed E-state index contributed by atoms with van der Waals surface area (Å²) in [7, 11) is 0. The van der Waals surface area contributed by atoms with Crippen molar-refractivity contribution in [2.75, 3.05) is 13.1 Å². The Hall–Kier alpha value is -1.24. The van der Waals surface area contributed by atoms with Crippen LogP contribution in [0.4, 0.5) is 13.2 Å². The van der Waals surface area contributed by atoms with Crippen molar-refractivity contribution in [1.82, 2.24) is 9.88 Å². The van der Waals surface area contributed by atoms with Gasteiger partial charge in [0.2, 0.25) is 0 Å². The van der Waals surface area contributed by atoms with Gasteiger partial charge in [0.15, 0.2) is 0 Å². The second-order valence-corrected chi connectivity index (χ2v) is 5.98. The van der Waals surface area contributed by atoms with E-state index < -0.39 is 11.4 Å². The number of nitrogens with zero attached hydrogens (tertiary/aromatic N) is 2. The minimum Gasteiger partial charge on any atom is -0.339 e. The lowest BCUT2D eigenvalue weighted by Gasteiger charge is -2.26. The Bertz CT molecular complexity index is 490. The van der Waals surface area contributed by atoms with Crippen LogP contribution < -0.4 is 0 Å². The molecule has 1 rings (SSSR count). The Balaban J connectivity index is 3.00. The van der Waals surface area contributed by atoms with E-state index in [1.54, 1.807) is 4.90 Å². The van der Waals surface area contributed by atoms with E-state index in [-0.39, 0.29) is 22.4 Å². The smallest absolute Gasteiger partial charge is 0.339 e. The summed E-state index contributed by atoms with van der Waals surface area (Å²) in [6.45, 7) is 6.92. The van der Waals surface area contributed by atoms with Gasteiger partial charge in [0.05, 0.1) is 5.56 Å². The van der Waals surface area contributed by atoms with Gasteiger partial charge < -0.3 is 4.90 Å². The maximum atomic E-state index is 12.6. The summed E-state index contributed by atoms with van der Waals surface area (Å²) in [5.74, 6) is -0.0476. The molecule has 0 aliphatic rings. The third kappa shape index (κ3) is 5.51. The Labute approximate surface area is 133 Å². The van der Waals surface area contributed by atoms with Crippen LogP contribution in [0.5, 0.6) is 0 Å². The van der Waals surface area contributed by atoms with Crippen LogP contribution in [0.1, 0.15) is 44.0 Å². The number of carbonyl (C=O) groups excluding carboxylic acids is 1. The summed E-state index contributed by atoms with van der Waals surface area (Å²) < 4.78 is 37.8. The molecule has 0 radical (unpaired) electrons. The number of thioether (sulfide) groups is 1. The van der Waals surface area contributed by atoms with Gasteiger partial charge in [-0.25, -0.2) is 4.98 Å². The maximum absolute atomic E-state index is 12.6. The van der Waals surface area contributed by atoms with Crippen molar-refractivity contribution in [3.05, 3.63) is 23.9 Å². The Morgan fingerprint density at radius 1 is 1.32 bits per heavy atom. The van der Waals surface area contributed by atoms with E-state index in [0.717, 1.165) is 12.8 Å². The molecule has 0 spiro atoms. The number of aromatic nitrogens is 1. The van der Waals surface area contributed by atoms with Crippen LogP contribution in [0.2, 0.25) is 0 Å². The molecule has 1 heterocycles. The summed E-state index contributed by atoms with van der Waals surface area (Å²) >= 11 is -0.345. The fraction of sp³-hybridized carbons (Fsp3) is 0.600. The fourth-order valence-electron chi connectivity index (χ4n) is 2.13.